The Balaban J connectivity index is 1.81. The maximum Gasteiger partial charge on any atom is 0.191 e. The zero-order chi connectivity index (χ0) is 13.5. The first-order valence-corrected chi connectivity index (χ1v) is 5.95. The number of halogens is 1. The fraction of sp³-hybridized carbons (Fsp3) is 0.231. The number of aromatic amines is 1. The van der Waals surface area contributed by atoms with Crippen molar-refractivity contribution in [1.29, 1.82) is 0 Å². The van der Waals surface area contributed by atoms with E-state index in [9.17, 15) is 4.39 Å². The number of guanidine groups is 1. The van der Waals surface area contributed by atoms with E-state index < -0.39 is 0 Å². The monoisotopic (exact) mass is 261 g/mol. The van der Waals surface area contributed by atoms with Crippen LogP contribution in [0.4, 0.5) is 4.39 Å². The van der Waals surface area contributed by atoms with Crippen molar-refractivity contribution in [3.05, 3.63) is 53.6 Å². The van der Waals surface area contributed by atoms with Crippen molar-refractivity contribution in [2.75, 3.05) is 7.05 Å². The molecular formula is C13H16FN5. The van der Waals surface area contributed by atoms with Crippen molar-refractivity contribution in [2.45, 2.75) is 13.1 Å². The second-order valence-corrected chi connectivity index (χ2v) is 3.99. The number of nitrogens with zero attached hydrogens (tertiary/aromatic N) is 2. The van der Waals surface area contributed by atoms with E-state index in [1.807, 2.05) is 6.07 Å². The van der Waals surface area contributed by atoms with E-state index in [0.29, 0.717) is 19.0 Å². The first-order valence-electron chi connectivity index (χ1n) is 5.95. The van der Waals surface area contributed by atoms with Crippen LogP contribution < -0.4 is 10.6 Å². The van der Waals surface area contributed by atoms with Gasteiger partial charge in [-0.3, -0.25) is 10.1 Å². The number of hydrogen-bond acceptors (Lipinski definition) is 2. The Morgan fingerprint density at radius 3 is 2.58 bits per heavy atom. The number of aliphatic imine (C=N–C) groups is 1. The van der Waals surface area contributed by atoms with Crippen molar-refractivity contribution < 1.29 is 4.39 Å². The third-order valence-corrected chi connectivity index (χ3v) is 2.60. The van der Waals surface area contributed by atoms with E-state index >= 15 is 0 Å². The molecular weight excluding hydrogens is 245 g/mol. The summed E-state index contributed by atoms with van der Waals surface area (Å²) in [7, 11) is 1.70. The smallest absolute Gasteiger partial charge is 0.191 e. The summed E-state index contributed by atoms with van der Waals surface area (Å²) < 4.78 is 12.8. The fourth-order valence-electron chi connectivity index (χ4n) is 1.57. The van der Waals surface area contributed by atoms with Crippen LogP contribution in [0.2, 0.25) is 0 Å². The lowest BCUT2D eigenvalue weighted by atomic mass is 10.2. The number of nitrogens with one attached hydrogen (secondary N) is 3. The largest absolute Gasteiger partial charge is 0.352 e. The molecule has 2 rings (SSSR count). The molecule has 0 bridgehead atoms. The van der Waals surface area contributed by atoms with Gasteiger partial charge in [0, 0.05) is 19.8 Å². The number of aromatic nitrogens is 2. The molecule has 0 spiro atoms. The van der Waals surface area contributed by atoms with Crippen molar-refractivity contribution in [1.82, 2.24) is 20.8 Å². The van der Waals surface area contributed by atoms with Gasteiger partial charge in [-0.1, -0.05) is 12.1 Å². The zero-order valence-electron chi connectivity index (χ0n) is 10.7. The van der Waals surface area contributed by atoms with Gasteiger partial charge in [0.2, 0.25) is 0 Å². The van der Waals surface area contributed by atoms with Crippen LogP contribution in [0.5, 0.6) is 0 Å². The van der Waals surface area contributed by atoms with Crippen LogP contribution in [0.3, 0.4) is 0 Å². The lowest BCUT2D eigenvalue weighted by Gasteiger charge is -2.11. The summed E-state index contributed by atoms with van der Waals surface area (Å²) in [6.07, 6.45) is 1.70. The highest BCUT2D eigenvalue weighted by Crippen LogP contribution is 2.01. The van der Waals surface area contributed by atoms with Crippen LogP contribution in [-0.4, -0.2) is 23.2 Å². The molecule has 6 heteroatoms. The molecule has 19 heavy (non-hydrogen) atoms. The standard InChI is InChI=1S/C13H16FN5/c1-15-13(17-9-12-6-7-18-19-12)16-8-10-2-4-11(14)5-3-10/h2-7H,8-9H2,1H3,(H,18,19)(H2,15,16,17). The second-order valence-electron chi connectivity index (χ2n) is 3.99. The summed E-state index contributed by atoms with van der Waals surface area (Å²) in [6, 6.07) is 8.25. The van der Waals surface area contributed by atoms with Gasteiger partial charge in [-0.05, 0) is 23.8 Å². The summed E-state index contributed by atoms with van der Waals surface area (Å²) in [6.45, 7) is 1.20. The van der Waals surface area contributed by atoms with Gasteiger partial charge in [-0.2, -0.15) is 5.10 Å². The highest BCUT2D eigenvalue weighted by Gasteiger charge is 1.99. The summed E-state index contributed by atoms with van der Waals surface area (Å²) in [5.74, 6) is 0.449. The molecule has 100 valence electrons. The molecule has 0 saturated carbocycles. The Kier molecular flexibility index (Phi) is 4.49. The minimum absolute atomic E-state index is 0.231. The highest BCUT2D eigenvalue weighted by molar-refractivity contribution is 5.79. The number of benzene rings is 1. The van der Waals surface area contributed by atoms with E-state index in [1.54, 1.807) is 25.4 Å². The van der Waals surface area contributed by atoms with Crippen LogP contribution in [-0.2, 0) is 13.1 Å². The average molecular weight is 261 g/mol. The Morgan fingerprint density at radius 2 is 1.95 bits per heavy atom. The van der Waals surface area contributed by atoms with Crippen LogP contribution >= 0.6 is 0 Å². The molecule has 0 amide bonds. The van der Waals surface area contributed by atoms with E-state index in [1.165, 1.54) is 12.1 Å². The summed E-state index contributed by atoms with van der Waals surface area (Å²) in [5, 5.41) is 13.0. The van der Waals surface area contributed by atoms with Gasteiger partial charge in [0.05, 0.1) is 12.2 Å². The van der Waals surface area contributed by atoms with Gasteiger partial charge in [0.15, 0.2) is 5.96 Å². The third-order valence-electron chi connectivity index (χ3n) is 2.60. The molecule has 0 saturated heterocycles. The molecule has 1 aromatic heterocycles. The predicted octanol–water partition coefficient (Wildman–Crippen LogP) is 1.41. The van der Waals surface area contributed by atoms with Crippen molar-refractivity contribution >= 4 is 5.96 Å². The van der Waals surface area contributed by atoms with Gasteiger partial charge < -0.3 is 10.6 Å². The number of H-pyrrole nitrogens is 1. The van der Waals surface area contributed by atoms with Crippen molar-refractivity contribution in [2.24, 2.45) is 4.99 Å². The molecule has 0 aliphatic carbocycles. The molecule has 3 N–H and O–H groups in total. The first kappa shape index (κ1) is 13.1. The molecule has 0 unspecified atom stereocenters. The minimum atomic E-state index is -0.231. The van der Waals surface area contributed by atoms with E-state index in [4.69, 9.17) is 0 Å². The SMILES string of the molecule is CN=C(NCc1ccc(F)cc1)NCc1ccn[nH]1. The molecule has 0 aliphatic rings. The van der Waals surface area contributed by atoms with Gasteiger partial charge >= 0.3 is 0 Å². The number of hydrogen-bond donors (Lipinski definition) is 3. The Hall–Kier alpha value is -2.37. The molecule has 0 atom stereocenters. The summed E-state index contributed by atoms with van der Waals surface area (Å²) >= 11 is 0. The minimum Gasteiger partial charge on any atom is -0.352 e. The lowest BCUT2D eigenvalue weighted by Crippen LogP contribution is -2.36. The normalized spacial score (nSPS) is 11.4. The average Bonchev–Trinajstić information content (AvgIpc) is 2.94. The van der Waals surface area contributed by atoms with Crippen LogP contribution in [0.15, 0.2) is 41.5 Å². The highest BCUT2D eigenvalue weighted by atomic mass is 19.1. The Bertz CT molecular complexity index is 518. The molecule has 2 aromatic rings. The van der Waals surface area contributed by atoms with Crippen LogP contribution in [0, 0.1) is 5.82 Å². The first-order chi connectivity index (χ1) is 9.28. The Morgan fingerprint density at radius 1 is 1.21 bits per heavy atom. The maximum atomic E-state index is 12.8. The second kappa shape index (κ2) is 6.53. The van der Waals surface area contributed by atoms with Crippen LogP contribution in [0.25, 0.3) is 0 Å². The third kappa shape index (κ3) is 4.09. The molecule has 1 aromatic carbocycles. The van der Waals surface area contributed by atoms with E-state index in [-0.39, 0.29) is 5.82 Å². The summed E-state index contributed by atoms with van der Waals surface area (Å²) in [5.41, 5.74) is 1.97. The lowest BCUT2D eigenvalue weighted by molar-refractivity contribution is 0.626. The van der Waals surface area contributed by atoms with Gasteiger partial charge in [-0.15, -0.1) is 0 Å². The van der Waals surface area contributed by atoms with E-state index in [2.05, 4.69) is 25.8 Å². The molecule has 0 fully saturated rings. The molecule has 1 heterocycles. The van der Waals surface area contributed by atoms with E-state index in [0.717, 1.165) is 11.3 Å². The predicted molar refractivity (Wildman–Crippen MR) is 72.0 cm³/mol. The van der Waals surface area contributed by atoms with Gasteiger partial charge in [0.25, 0.3) is 0 Å². The number of rotatable bonds is 4. The zero-order valence-corrected chi connectivity index (χ0v) is 10.7. The van der Waals surface area contributed by atoms with Crippen molar-refractivity contribution in [3.63, 3.8) is 0 Å². The summed E-state index contributed by atoms with van der Waals surface area (Å²) in [4.78, 5) is 4.11. The van der Waals surface area contributed by atoms with Crippen LogP contribution in [0.1, 0.15) is 11.3 Å². The molecule has 5 nitrogen and oxygen atoms in total. The topological polar surface area (TPSA) is 65.1 Å². The van der Waals surface area contributed by atoms with Gasteiger partial charge in [0.1, 0.15) is 5.82 Å². The van der Waals surface area contributed by atoms with Crippen molar-refractivity contribution in [3.8, 4) is 0 Å². The van der Waals surface area contributed by atoms with Gasteiger partial charge in [-0.25, -0.2) is 4.39 Å². The molecule has 0 radical (unpaired) electrons. The molecule has 0 aliphatic heterocycles. The quantitative estimate of drug-likeness (QED) is 0.576. The maximum absolute atomic E-state index is 12.8. The fourth-order valence-corrected chi connectivity index (χ4v) is 1.57. The Labute approximate surface area is 111 Å².